The molecule has 0 fully saturated rings. The molecule has 0 atom stereocenters. The van der Waals surface area contributed by atoms with Crippen LogP contribution in [0.1, 0.15) is 35.8 Å². The second-order valence-electron chi connectivity index (χ2n) is 5.08. The van der Waals surface area contributed by atoms with Crippen LogP contribution in [0.25, 0.3) is 0 Å². The summed E-state index contributed by atoms with van der Waals surface area (Å²) in [6.45, 7) is 4.70. The molecule has 0 radical (unpaired) electrons. The van der Waals surface area contributed by atoms with E-state index in [4.69, 9.17) is 11.6 Å². The number of rotatable bonds is 6. The second kappa shape index (κ2) is 7.80. The fourth-order valence-electron chi connectivity index (χ4n) is 2.00. The molecule has 5 heteroatoms. The molecule has 0 aliphatic rings. The number of nitrogens with one attached hydrogen (secondary N) is 2. The molecule has 1 aromatic heterocycles. The van der Waals surface area contributed by atoms with Crippen molar-refractivity contribution in [2.45, 2.75) is 26.7 Å². The van der Waals surface area contributed by atoms with Crippen LogP contribution >= 0.6 is 11.6 Å². The summed E-state index contributed by atoms with van der Waals surface area (Å²) in [7, 11) is 0. The summed E-state index contributed by atoms with van der Waals surface area (Å²) in [6, 6.07) is 9.24. The predicted molar refractivity (Wildman–Crippen MR) is 90.9 cm³/mol. The molecule has 0 bridgehead atoms. The van der Waals surface area contributed by atoms with Gasteiger partial charge in [0.2, 0.25) is 0 Å². The van der Waals surface area contributed by atoms with Crippen LogP contribution in [-0.2, 0) is 0 Å². The molecule has 2 N–H and O–H groups in total. The van der Waals surface area contributed by atoms with E-state index >= 15 is 0 Å². The Morgan fingerprint density at radius 1 is 1.32 bits per heavy atom. The molecule has 0 saturated carbocycles. The average molecular weight is 318 g/mol. The summed E-state index contributed by atoms with van der Waals surface area (Å²) in [5.74, 6) is -0.153. The fraction of sp³-hybridized carbons (Fsp3) is 0.294. The van der Waals surface area contributed by atoms with Crippen LogP contribution in [0.4, 0.5) is 11.4 Å². The Kier molecular flexibility index (Phi) is 5.78. The standard InChI is InChI=1S/C17H20ClN3O/c1-3-4-9-20-17(22)16-11-13(8-10-19-16)21-15-7-5-6-14(18)12(15)2/h5-8,10-11H,3-4,9H2,1-2H3,(H,19,21)(H,20,22). The number of hydrogen-bond acceptors (Lipinski definition) is 3. The molecule has 0 aliphatic carbocycles. The first-order valence-corrected chi connectivity index (χ1v) is 7.76. The van der Waals surface area contributed by atoms with E-state index in [0.29, 0.717) is 17.3 Å². The Morgan fingerprint density at radius 2 is 2.14 bits per heavy atom. The summed E-state index contributed by atoms with van der Waals surface area (Å²) >= 11 is 6.12. The molecule has 1 aromatic carbocycles. The SMILES string of the molecule is CCCCNC(=O)c1cc(Nc2cccc(Cl)c2C)ccn1. The predicted octanol–water partition coefficient (Wildman–Crippen LogP) is 4.32. The van der Waals surface area contributed by atoms with Gasteiger partial charge >= 0.3 is 0 Å². The molecule has 4 nitrogen and oxygen atoms in total. The number of nitrogens with zero attached hydrogens (tertiary/aromatic N) is 1. The second-order valence-corrected chi connectivity index (χ2v) is 5.48. The van der Waals surface area contributed by atoms with Gasteiger partial charge < -0.3 is 10.6 Å². The van der Waals surface area contributed by atoms with Crippen molar-refractivity contribution in [2.24, 2.45) is 0 Å². The first-order valence-electron chi connectivity index (χ1n) is 7.38. The highest BCUT2D eigenvalue weighted by Gasteiger charge is 2.08. The zero-order valence-corrected chi connectivity index (χ0v) is 13.6. The minimum atomic E-state index is -0.153. The molecule has 1 heterocycles. The third-order valence-corrected chi connectivity index (χ3v) is 3.76. The first-order chi connectivity index (χ1) is 10.6. The number of unbranched alkanes of at least 4 members (excludes halogenated alkanes) is 1. The van der Waals surface area contributed by atoms with Crippen molar-refractivity contribution in [3.05, 3.63) is 52.8 Å². The molecule has 0 unspecified atom stereocenters. The topological polar surface area (TPSA) is 54.0 Å². The molecule has 2 aromatic rings. The lowest BCUT2D eigenvalue weighted by Gasteiger charge is -2.11. The van der Waals surface area contributed by atoms with Gasteiger partial charge in [-0.15, -0.1) is 0 Å². The maximum Gasteiger partial charge on any atom is 0.269 e. The third-order valence-electron chi connectivity index (χ3n) is 3.36. The van der Waals surface area contributed by atoms with Gasteiger partial charge in [0, 0.05) is 29.1 Å². The van der Waals surface area contributed by atoms with Crippen LogP contribution in [0.5, 0.6) is 0 Å². The van der Waals surface area contributed by atoms with Gasteiger partial charge in [-0.05, 0) is 43.2 Å². The molecule has 22 heavy (non-hydrogen) atoms. The third kappa shape index (κ3) is 4.21. The number of amides is 1. The van der Waals surface area contributed by atoms with Crippen LogP contribution in [0, 0.1) is 6.92 Å². The molecular formula is C17H20ClN3O. The largest absolute Gasteiger partial charge is 0.355 e. The summed E-state index contributed by atoms with van der Waals surface area (Å²) < 4.78 is 0. The van der Waals surface area contributed by atoms with Gasteiger partial charge in [0.05, 0.1) is 0 Å². The van der Waals surface area contributed by atoms with Crippen LogP contribution in [0.3, 0.4) is 0 Å². The number of carbonyl (C=O) groups is 1. The number of aromatic nitrogens is 1. The lowest BCUT2D eigenvalue weighted by atomic mass is 10.2. The van der Waals surface area contributed by atoms with Crippen LogP contribution in [-0.4, -0.2) is 17.4 Å². The lowest BCUT2D eigenvalue weighted by Crippen LogP contribution is -2.25. The monoisotopic (exact) mass is 317 g/mol. The molecule has 0 aliphatic heterocycles. The Morgan fingerprint density at radius 3 is 2.91 bits per heavy atom. The maximum atomic E-state index is 12.0. The van der Waals surface area contributed by atoms with Crippen molar-refractivity contribution in [3.8, 4) is 0 Å². The van der Waals surface area contributed by atoms with E-state index < -0.39 is 0 Å². The fourth-order valence-corrected chi connectivity index (χ4v) is 2.17. The van der Waals surface area contributed by atoms with Gasteiger partial charge in [0.1, 0.15) is 5.69 Å². The van der Waals surface area contributed by atoms with Crippen molar-refractivity contribution in [3.63, 3.8) is 0 Å². The number of hydrogen-bond donors (Lipinski definition) is 2. The normalized spacial score (nSPS) is 10.3. The van der Waals surface area contributed by atoms with Crippen LogP contribution < -0.4 is 10.6 Å². The van der Waals surface area contributed by atoms with Gasteiger partial charge in [-0.2, -0.15) is 0 Å². The first kappa shape index (κ1) is 16.3. The summed E-state index contributed by atoms with van der Waals surface area (Å²) in [5.41, 5.74) is 3.09. The van der Waals surface area contributed by atoms with E-state index in [0.717, 1.165) is 29.8 Å². The number of anilines is 2. The Balaban J connectivity index is 2.11. The molecule has 0 spiro atoms. The maximum absolute atomic E-state index is 12.0. The minimum absolute atomic E-state index is 0.153. The highest BCUT2D eigenvalue weighted by atomic mass is 35.5. The van der Waals surface area contributed by atoms with Gasteiger partial charge in [-0.1, -0.05) is 31.0 Å². The van der Waals surface area contributed by atoms with E-state index in [1.165, 1.54) is 0 Å². The van der Waals surface area contributed by atoms with E-state index in [2.05, 4.69) is 22.5 Å². The number of benzene rings is 1. The van der Waals surface area contributed by atoms with Crippen LogP contribution in [0.15, 0.2) is 36.5 Å². The molecule has 116 valence electrons. The number of halogens is 1. The summed E-state index contributed by atoms with van der Waals surface area (Å²) in [6.07, 6.45) is 3.63. The van der Waals surface area contributed by atoms with E-state index in [-0.39, 0.29) is 5.91 Å². The van der Waals surface area contributed by atoms with Crippen molar-refractivity contribution >= 4 is 28.9 Å². The summed E-state index contributed by atoms with van der Waals surface area (Å²) in [4.78, 5) is 16.1. The van der Waals surface area contributed by atoms with Crippen LogP contribution in [0.2, 0.25) is 5.02 Å². The highest BCUT2D eigenvalue weighted by molar-refractivity contribution is 6.31. The molecule has 2 rings (SSSR count). The van der Waals surface area contributed by atoms with Gasteiger partial charge in [0.15, 0.2) is 0 Å². The lowest BCUT2D eigenvalue weighted by molar-refractivity contribution is 0.0948. The Labute approximate surface area is 135 Å². The quantitative estimate of drug-likeness (QED) is 0.780. The number of carbonyl (C=O) groups excluding carboxylic acids is 1. The minimum Gasteiger partial charge on any atom is -0.355 e. The number of pyridine rings is 1. The Bertz CT molecular complexity index is 658. The molecular weight excluding hydrogens is 298 g/mol. The van der Waals surface area contributed by atoms with E-state index in [1.807, 2.05) is 31.2 Å². The van der Waals surface area contributed by atoms with Crippen molar-refractivity contribution < 1.29 is 4.79 Å². The smallest absolute Gasteiger partial charge is 0.269 e. The zero-order valence-electron chi connectivity index (χ0n) is 12.8. The Hall–Kier alpha value is -2.07. The van der Waals surface area contributed by atoms with Gasteiger partial charge in [-0.25, -0.2) is 0 Å². The van der Waals surface area contributed by atoms with Crippen molar-refractivity contribution in [1.82, 2.24) is 10.3 Å². The van der Waals surface area contributed by atoms with Crippen molar-refractivity contribution in [2.75, 3.05) is 11.9 Å². The molecule has 1 amide bonds. The average Bonchev–Trinajstić information content (AvgIpc) is 2.52. The van der Waals surface area contributed by atoms with Crippen molar-refractivity contribution in [1.29, 1.82) is 0 Å². The summed E-state index contributed by atoms with van der Waals surface area (Å²) in [5, 5.41) is 6.84. The zero-order chi connectivity index (χ0) is 15.9. The van der Waals surface area contributed by atoms with E-state index in [9.17, 15) is 4.79 Å². The van der Waals surface area contributed by atoms with Gasteiger partial charge in [-0.3, -0.25) is 9.78 Å². The van der Waals surface area contributed by atoms with Gasteiger partial charge in [0.25, 0.3) is 5.91 Å². The van der Waals surface area contributed by atoms with E-state index in [1.54, 1.807) is 12.3 Å². The highest BCUT2D eigenvalue weighted by Crippen LogP contribution is 2.26. The molecule has 0 saturated heterocycles.